The van der Waals surface area contributed by atoms with Crippen LogP contribution in [0, 0.1) is 23.7 Å². The first-order valence-corrected chi connectivity index (χ1v) is 15.4. The highest BCUT2D eigenvalue weighted by Gasteiger charge is 2.72. The van der Waals surface area contributed by atoms with Gasteiger partial charge in [0.05, 0.1) is 17.9 Å². The molecule has 1 spiro atoms. The number of likely N-dealkylation sites (tertiary alicyclic amines) is 2. The minimum atomic E-state index is -1.14. The molecule has 8 atom stereocenters. The molecule has 1 aliphatic carbocycles. The Kier molecular flexibility index (Phi) is 7.70. The van der Waals surface area contributed by atoms with Gasteiger partial charge in [-0.1, -0.05) is 56.5 Å². The number of halogens is 1. The van der Waals surface area contributed by atoms with Crippen LogP contribution < -0.4 is 10.6 Å². The molecule has 1 aromatic rings. The topological polar surface area (TPSA) is 91.0 Å². The predicted octanol–water partition coefficient (Wildman–Crippen LogP) is 3.86. The van der Waals surface area contributed by atoms with E-state index in [9.17, 15) is 14.4 Å². The summed E-state index contributed by atoms with van der Waals surface area (Å²) in [4.78, 5) is 46.1. The van der Waals surface area contributed by atoms with E-state index >= 15 is 0 Å². The number of carbonyl (C=O) groups excluding carboxylic acids is 3. The van der Waals surface area contributed by atoms with E-state index in [0.29, 0.717) is 29.1 Å². The van der Waals surface area contributed by atoms with Gasteiger partial charge in [-0.2, -0.15) is 0 Å². The van der Waals surface area contributed by atoms with Crippen molar-refractivity contribution in [3.8, 4) is 0 Å². The number of anilines is 1. The van der Waals surface area contributed by atoms with Crippen molar-refractivity contribution in [2.24, 2.45) is 23.7 Å². The number of nitrogens with one attached hydrogen (secondary N) is 2. The summed E-state index contributed by atoms with van der Waals surface area (Å²) in [6.07, 6.45) is 9.59. The Morgan fingerprint density at radius 3 is 2.67 bits per heavy atom. The van der Waals surface area contributed by atoms with Gasteiger partial charge in [0.15, 0.2) is 0 Å². The van der Waals surface area contributed by atoms with Crippen LogP contribution in [0.3, 0.4) is 0 Å². The van der Waals surface area contributed by atoms with Crippen LogP contribution in [0.2, 0.25) is 5.02 Å². The lowest BCUT2D eigenvalue weighted by Crippen LogP contribution is -2.58. The molecule has 216 valence electrons. The van der Waals surface area contributed by atoms with E-state index in [1.54, 1.807) is 29.2 Å². The molecular formula is C31H41ClN4O4. The van der Waals surface area contributed by atoms with Gasteiger partial charge in [-0.25, -0.2) is 0 Å². The van der Waals surface area contributed by atoms with Crippen molar-refractivity contribution in [1.82, 2.24) is 15.1 Å². The van der Waals surface area contributed by atoms with Crippen LogP contribution >= 0.6 is 11.6 Å². The van der Waals surface area contributed by atoms with Crippen molar-refractivity contribution in [2.45, 2.75) is 76.2 Å². The third-order valence-electron chi connectivity index (χ3n) is 10.1. The molecule has 4 heterocycles. The number of hydrogen-bond acceptors (Lipinski definition) is 5. The first kappa shape index (κ1) is 27.7. The van der Waals surface area contributed by atoms with Crippen LogP contribution in [0.5, 0.6) is 0 Å². The fraction of sp³-hybridized carbons (Fsp3) is 0.645. The second-order valence-corrected chi connectivity index (χ2v) is 13.0. The molecule has 2 N–H and O–H groups in total. The Balaban J connectivity index is 1.26. The molecule has 1 aromatic carbocycles. The average molecular weight is 569 g/mol. The van der Waals surface area contributed by atoms with Crippen molar-refractivity contribution >= 4 is 35.0 Å². The highest BCUT2D eigenvalue weighted by atomic mass is 35.5. The van der Waals surface area contributed by atoms with E-state index in [2.05, 4.69) is 29.4 Å². The molecule has 4 aliphatic heterocycles. The largest absolute Gasteiger partial charge is 0.359 e. The van der Waals surface area contributed by atoms with E-state index in [1.165, 1.54) is 19.3 Å². The molecule has 3 saturated heterocycles. The maximum Gasteiger partial charge on any atom is 0.246 e. The van der Waals surface area contributed by atoms with Crippen LogP contribution in [-0.2, 0) is 19.1 Å². The van der Waals surface area contributed by atoms with Crippen LogP contribution in [0.4, 0.5) is 5.69 Å². The van der Waals surface area contributed by atoms with Gasteiger partial charge in [0.1, 0.15) is 11.6 Å². The third-order valence-corrected chi connectivity index (χ3v) is 10.4. The van der Waals surface area contributed by atoms with Crippen molar-refractivity contribution in [2.75, 3.05) is 31.5 Å². The summed E-state index contributed by atoms with van der Waals surface area (Å²) in [6.45, 7) is 7.98. The second kappa shape index (κ2) is 11.1. The lowest BCUT2D eigenvalue weighted by molar-refractivity contribution is -0.141. The van der Waals surface area contributed by atoms with E-state index in [4.69, 9.17) is 16.3 Å². The van der Waals surface area contributed by atoms with Gasteiger partial charge in [-0.3, -0.25) is 14.4 Å². The third kappa shape index (κ3) is 4.86. The van der Waals surface area contributed by atoms with Crippen molar-refractivity contribution in [1.29, 1.82) is 0 Å². The fourth-order valence-corrected chi connectivity index (χ4v) is 8.01. The van der Waals surface area contributed by atoms with Crippen molar-refractivity contribution in [3.05, 3.63) is 41.4 Å². The molecular weight excluding hydrogens is 528 g/mol. The van der Waals surface area contributed by atoms with E-state index in [-0.39, 0.29) is 23.8 Å². The summed E-state index contributed by atoms with van der Waals surface area (Å²) in [5.74, 6) is -1.18. The highest BCUT2D eigenvalue weighted by molar-refractivity contribution is 6.30. The lowest BCUT2D eigenvalue weighted by Gasteiger charge is -2.38. The number of rotatable bonds is 8. The molecule has 3 amide bonds. The van der Waals surface area contributed by atoms with Crippen LogP contribution in [0.15, 0.2) is 36.4 Å². The highest BCUT2D eigenvalue weighted by Crippen LogP contribution is 2.55. The molecule has 8 nitrogen and oxygen atoms in total. The summed E-state index contributed by atoms with van der Waals surface area (Å²) in [5.41, 5.74) is -0.569. The Labute approximate surface area is 241 Å². The molecule has 0 aromatic heterocycles. The number of carbonyl (C=O) groups is 3. The summed E-state index contributed by atoms with van der Waals surface area (Å²) in [6, 6.07) is 6.24. The summed E-state index contributed by atoms with van der Waals surface area (Å²) in [5, 5.41) is 6.79. The van der Waals surface area contributed by atoms with E-state index < -0.39 is 29.6 Å². The average Bonchev–Trinajstić information content (AvgIpc) is 3.70. The Bertz CT molecular complexity index is 1190. The van der Waals surface area contributed by atoms with E-state index in [1.807, 2.05) is 12.2 Å². The zero-order chi connectivity index (χ0) is 28.0. The number of fused-ring (bicyclic) bond motifs is 1. The van der Waals surface area contributed by atoms with Gasteiger partial charge >= 0.3 is 0 Å². The second-order valence-electron chi connectivity index (χ2n) is 12.5. The molecule has 1 saturated carbocycles. The van der Waals surface area contributed by atoms with Gasteiger partial charge < -0.3 is 25.2 Å². The molecule has 6 rings (SSSR count). The maximum absolute atomic E-state index is 14.2. The molecule has 4 fully saturated rings. The van der Waals surface area contributed by atoms with Gasteiger partial charge in [-0.15, -0.1) is 0 Å². The smallest absolute Gasteiger partial charge is 0.246 e. The quantitative estimate of drug-likeness (QED) is 0.465. The van der Waals surface area contributed by atoms with Crippen LogP contribution in [0.1, 0.15) is 52.4 Å². The number of benzene rings is 1. The Hall–Kier alpha value is -2.42. The zero-order valence-corrected chi connectivity index (χ0v) is 24.2. The number of ether oxygens (including phenoxy) is 1. The van der Waals surface area contributed by atoms with Crippen molar-refractivity contribution < 1.29 is 19.1 Å². The lowest BCUT2D eigenvalue weighted by atomic mass is 9.73. The first-order valence-electron chi connectivity index (χ1n) is 15.1. The molecule has 0 radical (unpaired) electrons. The summed E-state index contributed by atoms with van der Waals surface area (Å²) >= 11 is 6.13. The van der Waals surface area contributed by atoms with E-state index in [0.717, 1.165) is 38.9 Å². The van der Waals surface area contributed by atoms with Crippen LogP contribution in [0.25, 0.3) is 0 Å². The van der Waals surface area contributed by atoms with Gasteiger partial charge in [0, 0.05) is 23.3 Å². The zero-order valence-electron chi connectivity index (χ0n) is 23.5. The number of amides is 3. The van der Waals surface area contributed by atoms with Gasteiger partial charge in [0.25, 0.3) is 0 Å². The molecule has 9 heteroatoms. The monoisotopic (exact) mass is 568 g/mol. The standard InChI is InChI=1S/C31H41ClN4O4/c1-19-8-5-11-23(20(19)2)34-29(38)27-31-13-12-24(40-31)25(28(37)33-22-10-6-9-21(32)18-22)26(31)30(39)36(27)17-7-16-35-14-3-4-15-35/h6,9-10,12-13,18-20,23-27H,3-5,7-8,11,14-17H2,1-2H3,(H,33,37)(H,34,38)/t19?,20?,23?,24-,25?,26-,27?,31?/m1/s1. The Morgan fingerprint density at radius 2 is 1.90 bits per heavy atom. The number of hydrogen-bond donors (Lipinski definition) is 2. The van der Waals surface area contributed by atoms with Crippen LogP contribution in [-0.4, -0.2) is 77.5 Å². The maximum atomic E-state index is 14.2. The molecule has 2 bridgehead atoms. The molecule has 6 unspecified atom stereocenters. The molecule has 5 aliphatic rings. The Morgan fingerprint density at radius 1 is 1.10 bits per heavy atom. The summed E-state index contributed by atoms with van der Waals surface area (Å²) in [7, 11) is 0. The SMILES string of the molecule is CC1CCCC(NC(=O)C2N(CCCN3CCCC3)C(=O)[C@H]3C(C(=O)Nc4cccc(Cl)c4)[C@H]4C=CC23O4)C1C. The normalized spacial score (nSPS) is 36.7. The predicted molar refractivity (Wildman–Crippen MR) is 154 cm³/mol. The first-order chi connectivity index (χ1) is 19.3. The molecule has 40 heavy (non-hydrogen) atoms. The minimum absolute atomic E-state index is 0.0674. The fourth-order valence-electron chi connectivity index (χ4n) is 7.82. The summed E-state index contributed by atoms with van der Waals surface area (Å²) < 4.78 is 6.50. The van der Waals surface area contributed by atoms with Gasteiger partial charge in [-0.05, 0) is 75.4 Å². The van der Waals surface area contributed by atoms with Gasteiger partial charge in [0.2, 0.25) is 17.7 Å². The minimum Gasteiger partial charge on any atom is -0.359 e. The van der Waals surface area contributed by atoms with Crippen molar-refractivity contribution in [3.63, 3.8) is 0 Å². The number of nitrogens with zero attached hydrogens (tertiary/aromatic N) is 2.